The van der Waals surface area contributed by atoms with Crippen molar-refractivity contribution in [1.29, 1.82) is 0 Å². The molecule has 0 aromatic heterocycles. The summed E-state index contributed by atoms with van der Waals surface area (Å²) in [7, 11) is 0. The van der Waals surface area contributed by atoms with Gasteiger partial charge in [-0.2, -0.15) is 0 Å². The van der Waals surface area contributed by atoms with E-state index in [-0.39, 0.29) is 5.91 Å². The lowest BCUT2D eigenvalue weighted by atomic mass is 10.0. The van der Waals surface area contributed by atoms with Crippen LogP contribution in [-0.2, 0) is 0 Å². The smallest absolute Gasteiger partial charge is 0.256 e. The lowest BCUT2D eigenvalue weighted by Gasteiger charge is -2.31. The first-order valence-corrected chi connectivity index (χ1v) is 9.43. The Morgan fingerprint density at radius 3 is 2.92 bits per heavy atom. The van der Waals surface area contributed by atoms with Gasteiger partial charge in [0.2, 0.25) is 0 Å². The molecule has 1 amide bonds. The minimum atomic E-state index is -0.0425. The van der Waals surface area contributed by atoms with Crippen LogP contribution in [0.5, 0.6) is 0 Å². The number of amides is 1. The van der Waals surface area contributed by atoms with Gasteiger partial charge in [-0.15, -0.1) is 0 Å². The fourth-order valence-electron chi connectivity index (χ4n) is 3.81. The largest absolute Gasteiger partial charge is 0.370 e. The minimum Gasteiger partial charge on any atom is -0.370 e. The van der Waals surface area contributed by atoms with Gasteiger partial charge in [0.25, 0.3) is 5.91 Å². The van der Waals surface area contributed by atoms with Crippen LogP contribution in [0.1, 0.15) is 29.6 Å². The van der Waals surface area contributed by atoms with Crippen LogP contribution in [0, 0.1) is 0 Å². The maximum atomic E-state index is 12.8. The van der Waals surface area contributed by atoms with Crippen LogP contribution in [0.4, 0.5) is 0 Å². The number of nitrogens with zero attached hydrogens (tertiary/aromatic N) is 1. The molecule has 1 unspecified atom stereocenters. The van der Waals surface area contributed by atoms with Crippen molar-refractivity contribution in [2.24, 2.45) is 0 Å². The topological polar surface area (TPSA) is 44.4 Å². The van der Waals surface area contributed by atoms with Gasteiger partial charge in [-0.1, -0.05) is 42.8 Å². The third-order valence-electron chi connectivity index (χ3n) is 5.14. The molecule has 0 spiro atoms. The number of nitrogens with one attached hydrogen (secondary N) is 2. The first kappa shape index (κ1) is 16.9. The van der Waals surface area contributed by atoms with E-state index in [9.17, 15) is 4.79 Å². The van der Waals surface area contributed by atoms with E-state index in [0.29, 0.717) is 6.04 Å². The summed E-state index contributed by atoms with van der Waals surface area (Å²) < 4.78 is 0. The average Bonchev–Trinajstić information content (AvgIpc) is 2.68. The fraction of sp³-hybridized carbons (Fsp3) is 0.318. The van der Waals surface area contributed by atoms with E-state index < -0.39 is 0 Å². The second kappa shape index (κ2) is 7.75. The highest BCUT2D eigenvalue weighted by Gasteiger charge is 2.18. The van der Waals surface area contributed by atoms with Gasteiger partial charge in [0.15, 0.2) is 0 Å². The number of benzene rings is 2. The quantitative estimate of drug-likeness (QED) is 0.891. The standard InChI is InChI=1S/C22H25N3O/c26-22(21-12-5-8-17-7-1-2-11-20(17)21)24-19-10-6-14-25(16-19)15-18-9-3-4-13-23-18/h1-2,5-8,10-12,14,18,23H,3-4,9,13,15-16H2,(H,24,26). The lowest BCUT2D eigenvalue weighted by molar-refractivity contribution is 0.0964. The maximum absolute atomic E-state index is 12.8. The Morgan fingerprint density at radius 2 is 2.04 bits per heavy atom. The molecule has 2 aromatic carbocycles. The first-order chi connectivity index (χ1) is 12.8. The van der Waals surface area contributed by atoms with Crippen molar-refractivity contribution < 1.29 is 4.79 Å². The van der Waals surface area contributed by atoms with Crippen LogP contribution < -0.4 is 10.6 Å². The molecule has 0 saturated carbocycles. The summed E-state index contributed by atoms with van der Waals surface area (Å²) in [6.45, 7) is 2.84. The summed E-state index contributed by atoms with van der Waals surface area (Å²) >= 11 is 0. The summed E-state index contributed by atoms with van der Waals surface area (Å²) in [6.07, 6.45) is 9.93. The van der Waals surface area contributed by atoms with Crippen LogP contribution in [0.3, 0.4) is 0 Å². The Balaban J connectivity index is 1.42. The lowest BCUT2D eigenvalue weighted by Crippen LogP contribution is -2.44. The number of carbonyl (C=O) groups is 1. The molecule has 4 heteroatoms. The molecular formula is C22H25N3O. The van der Waals surface area contributed by atoms with Gasteiger partial charge >= 0.3 is 0 Å². The number of fused-ring (bicyclic) bond motifs is 1. The molecule has 134 valence electrons. The Morgan fingerprint density at radius 1 is 1.15 bits per heavy atom. The zero-order valence-corrected chi connectivity index (χ0v) is 14.9. The van der Waals surface area contributed by atoms with Crippen LogP contribution in [0.2, 0.25) is 0 Å². The molecule has 1 fully saturated rings. The molecule has 0 aliphatic carbocycles. The average molecular weight is 347 g/mol. The SMILES string of the molecule is O=C(NC1=CC=CN(CC2CCCCN2)C1)c1cccc2ccccc12. The Kier molecular flexibility index (Phi) is 5.02. The third kappa shape index (κ3) is 3.81. The number of carbonyl (C=O) groups excluding carboxylic acids is 1. The second-order valence-corrected chi connectivity index (χ2v) is 7.09. The fourth-order valence-corrected chi connectivity index (χ4v) is 3.81. The molecule has 1 saturated heterocycles. The number of hydrogen-bond donors (Lipinski definition) is 2. The van der Waals surface area contributed by atoms with Crippen molar-refractivity contribution in [3.63, 3.8) is 0 Å². The molecule has 2 aliphatic rings. The van der Waals surface area contributed by atoms with Crippen LogP contribution in [0.15, 0.2) is 66.5 Å². The number of piperidine rings is 1. The molecule has 2 aromatic rings. The summed E-state index contributed by atoms with van der Waals surface area (Å²) in [5.41, 5.74) is 1.67. The maximum Gasteiger partial charge on any atom is 0.256 e. The Hall–Kier alpha value is -2.59. The normalized spacial score (nSPS) is 20.1. The van der Waals surface area contributed by atoms with Gasteiger partial charge < -0.3 is 15.5 Å². The van der Waals surface area contributed by atoms with E-state index in [0.717, 1.165) is 41.7 Å². The molecule has 0 radical (unpaired) electrons. The molecule has 2 heterocycles. The van der Waals surface area contributed by atoms with E-state index in [1.165, 1.54) is 19.3 Å². The van der Waals surface area contributed by atoms with Crippen LogP contribution in [0.25, 0.3) is 10.8 Å². The van der Waals surface area contributed by atoms with E-state index in [1.54, 1.807) is 0 Å². The molecule has 4 rings (SSSR count). The van der Waals surface area contributed by atoms with E-state index in [2.05, 4.69) is 21.7 Å². The molecule has 0 bridgehead atoms. The molecule has 26 heavy (non-hydrogen) atoms. The number of hydrogen-bond acceptors (Lipinski definition) is 3. The van der Waals surface area contributed by atoms with Crippen molar-refractivity contribution >= 4 is 16.7 Å². The van der Waals surface area contributed by atoms with E-state index >= 15 is 0 Å². The molecule has 4 nitrogen and oxygen atoms in total. The Bertz CT molecular complexity index is 844. The second-order valence-electron chi connectivity index (χ2n) is 7.09. The van der Waals surface area contributed by atoms with Crippen LogP contribution >= 0.6 is 0 Å². The summed E-state index contributed by atoms with van der Waals surface area (Å²) in [5, 5.41) is 8.76. The highest BCUT2D eigenvalue weighted by atomic mass is 16.1. The van der Waals surface area contributed by atoms with Gasteiger partial charge in [-0.3, -0.25) is 4.79 Å². The predicted molar refractivity (Wildman–Crippen MR) is 106 cm³/mol. The van der Waals surface area contributed by atoms with Gasteiger partial charge in [-0.05, 0) is 54.6 Å². The van der Waals surface area contributed by atoms with Crippen LogP contribution in [-0.4, -0.2) is 36.5 Å². The first-order valence-electron chi connectivity index (χ1n) is 9.43. The zero-order valence-electron chi connectivity index (χ0n) is 14.9. The van der Waals surface area contributed by atoms with E-state index in [4.69, 9.17) is 0 Å². The monoisotopic (exact) mass is 347 g/mol. The highest BCUT2D eigenvalue weighted by Crippen LogP contribution is 2.19. The molecular weight excluding hydrogens is 322 g/mol. The van der Waals surface area contributed by atoms with Crippen molar-refractivity contribution in [3.05, 3.63) is 72.1 Å². The summed E-state index contributed by atoms with van der Waals surface area (Å²) in [4.78, 5) is 15.1. The Labute approximate surface area is 154 Å². The molecule has 1 atom stereocenters. The van der Waals surface area contributed by atoms with E-state index in [1.807, 2.05) is 54.6 Å². The van der Waals surface area contributed by atoms with Gasteiger partial charge in [0.1, 0.15) is 0 Å². The summed E-state index contributed by atoms with van der Waals surface area (Å²) in [6, 6.07) is 14.4. The molecule has 2 aliphatic heterocycles. The number of allylic oxidation sites excluding steroid dienone is 2. The third-order valence-corrected chi connectivity index (χ3v) is 5.14. The zero-order chi connectivity index (χ0) is 17.8. The van der Waals surface area contributed by atoms with Gasteiger partial charge in [-0.25, -0.2) is 0 Å². The van der Waals surface area contributed by atoms with Gasteiger partial charge in [0, 0.05) is 23.8 Å². The van der Waals surface area contributed by atoms with Crippen molar-refractivity contribution in [3.8, 4) is 0 Å². The number of rotatable bonds is 4. The minimum absolute atomic E-state index is 0.0425. The highest BCUT2D eigenvalue weighted by molar-refractivity contribution is 6.07. The predicted octanol–water partition coefficient (Wildman–Crippen LogP) is 3.42. The van der Waals surface area contributed by atoms with Crippen molar-refractivity contribution in [2.75, 3.05) is 19.6 Å². The van der Waals surface area contributed by atoms with Gasteiger partial charge in [0.05, 0.1) is 6.54 Å². The van der Waals surface area contributed by atoms with Crippen molar-refractivity contribution in [1.82, 2.24) is 15.5 Å². The summed E-state index contributed by atoms with van der Waals surface area (Å²) in [5.74, 6) is -0.0425. The molecule has 2 N–H and O–H groups in total. The van der Waals surface area contributed by atoms with Crippen molar-refractivity contribution in [2.45, 2.75) is 25.3 Å².